The minimum absolute atomic E-state index is 0.140. The Hall–Kier alpha value is -1.49. The number of carbonyl (C=O) groups excluding carboxylic acids is 1. The van der Waals surface area contributed by atoms with Gasteiger partial charge in [-0.1, -0.05) is 0 Å². The maximum atomic E-state index is 13.8. The van der Waals surface area contributed by atoms with E-state index in [-0.39, 0.29) is 5.69 Å². The van der Waals surface area contributed by atoms with Gasteiger partial charge in [-0.3, -0.25) is 9.78 Å². The zero-order valence-corrected chi connectivity index (χ0v) is 8.45. The molecule has 0 aromatic carbocycles. The van der Waals surface area contributed by atoms with Crippen LogP contribution in [0, 0.1) is 6.92 Å². The molecule has 5 heteroatoms. The number of ether oxygens (including phenoxy) is 1. The number of pyridine rings is 1. The van der Waals surface area contributed by atoms with E-state index in [0.29, 0.717) is 5.56 Å². The van der Waals surface area contributed by atoms with Crippen LogP contribution in [0.15, 0.2) is 12.3 Å². The number of aromatic nitrogens is 1. The van der Waals surface area contributed by atoms with Crippen molar-refractivity contribution in [2.75, 3.05) is 7.11 Å². The maximum Gasteiger partial charge on any atom is 0.272 e. The number of hydrogen-bond donors (Lipinski definition) is 1. The first kappa shape index (κ1) is 10.0. The average molecular weight is 210 g/mol. The summed E-state index contributed by atoms with van der Waals surface area (Å²) in [7, 11) is 1.35. The molecule has 80 valence electrons. The number of rotatable bonds is 1. The number of nitrogens with one attached hydrogen (secondary N) is 1. The van der Waals surface area contributed by atoms with E-state index in [9.17, 15) is 9.18 Å². The molecule has 0 saturated heterocycles. The number of halogens is 1. The summed E-state index contributed by atoms with van der Waals surface area (Å²) in [5.41, 5.74) is 1.26. The third-order valence-electron chi connectivity index (χ3n) is 2.36. The quantitative estimate of drug-likeness (QED) is 0.755. The van der Waals surface area contributed by atoms with Crippen molar-refractivity contribution >= 4 is 5.91 Å². The lowest BCUT2D eigenvalue weighted by Gasteiger charge is -2.27. The van der Waals surface area contributed by atoms with E-state index in [1.54, 1.807) is 13.0 Å². The van der Waals surface area contributed by atoms with Gasteiger partial charge in [-0.15, -0.1) is 0 Å². The van der Waals surface area contributed by atoms with Crippen molar-refractivity contribution in [3.8, 4) is 0 Å². The molecule has 0 spiro atoms. The highest BCUT2D eigenvalue weighted by atomic mass is 19.1. The number of carbonyl (C=O) groups is 1. The van der Waals surface area contributed by atoms with Crippen LogP contribution in [0.2, 0.25) is 0 Å². The fourth-order valence-electron chi connectivity index (χ4n) is 1.60. The third-order valence-corrected chi connectivity index (χ3v) is 2.36. The van der Waals surface area contributed by atoms with Crippen LogP contribution in [0.4, 0.5) is 4.39 Å². The Morgan fingerprint density at radius 3 is 3.00 bits per heavy atom. The Morgan fingerprint density at radius 1 is 1.60 bits per heavy atom. The van der Waals surface area contributed by atoms with Crippen LogP contribution in [0.1, 0.15) is 27.8 Å². The van der Waals surface area contributed by atoms with Crippen LogP contribution in [-0.2, 0) is 4.74 Å². The van der Waals surface area contributed by atoms with E-state index in [2.05, 4.69) is 10.3 Å². The zero-order valence-electron chi connectivity index (χ0n) is 8.45. The molecule has 0 fully saturated rings. The van der Waals surface area contributed by atoms with Gasteiger partial charge in [0.05, 0.1) is 0 Å². The summed E-state index contributed by atoms with van der Waals surface area (Å²) in [5.74, 6) is -0.397. The molecule has 4 nitrogen and oxygen atoms in total. The molecule has 0 radical (unpaired) electrons. The van der Waals surface area contributed by atoms with E-state index in [0.717, 1.165) is 5.56 Å². The number of methoxy groups -OCH3 is 1. The first-order chi connectivity index (χ1) is 7.13. The van der Waals surface area contributed by atoms with Gasteiger partial charge >= 0.3 is 0 Å². The first-order valence-corrected chi connectivity index (χ1v) is 4.57. The number of alkyl halides is 1. The smallest absolute Gasteiger partial charge is 0.272 e. The van der Waals surface area contributed by atoms with Gasteiger partial charge in [0.1, 0.15) is 5.69 Å². The summed E-state index contributed by atoms with van der Waals surface area (Å²) in [6, 6.07) is 1.62. The van der Waals surface area contributed by atoms with E-state index in [1.165, 1.54) is 13.3 Å². The lowest BCUT2D eigenvalue weighted by atomic mass is 10.0. The molecule has 2 heterocycles. The Balaban J connectivity index is 2.50. The molecule has 0 bridgehead atoms. The normalized spacial score (nSPS) is 24.6. The molecular weight excluding hydrogens is 199 g/mol. The molecule has 2 unspecified atom stereocenters. The van der Waals surface area contributed by atoms with E-state index < -0.39 is 18.3 Å². The summed E-state index contributed by atoms with van der Waals surface area (Å²) in [6.45, 7) is 1.80. The first-order valence-electron chi connectivity index (χ1n) is 4.57. The van der Waals surface area contributed by atoms with Gasteiger partial charge in [0.25, 0.3) is 5.91 Å². The predicted molar refractivity (Wildman–Crippen MR) is 51.1 cm³/mol. The molecule has 1 N–H and O–H groups in total. The summed E-state index contributed by atoms with van der Waals surface area (Å²) in [6.07, 6.45) is -0.748. The largest absolute Gasteiger partial charge is 0.358 e. The van der Waals surface area contributed by atoms with Crippen LogP contribution in [0.3, 0.4) is 0 Å². The van der Waals surface area contributed by atoms with Gasteiger partial charge < -0.3 is 10.1 Å². The van der Waals surface area contributed by atoms with Crippen molar-refractivity contribution < 1.29 is 13.9 Å². The standard InChI is InChI=1S/C10H11FN2O2/c1-5-3-6-7(11)10(15-2)13-9(14)8(6)12-4-5/h3-4,7,10H,1-2H3,(H,13,14). The highest BCUT2D eigenvalue weighted by molar-refractivity contribution is 5.95. The monoisotopic (exact) mass is 210 g/mol. The van der Waals surface area contributed by atoms with Crippen molar-refractivity contribution in [1.29, 1.82) is 0 Å². The molecule has 0 aliphatic carbocycles. The highest BCUT2D eigenvalue weighted by Gasteiger charge is 2.34. The van der Waals surface area contributed by atoms with Crippen LogP contribution >= 0.6 is 0 Å². The van der Waals surface area contributed by atoms with Gasteiger partial charge in [0.15, 0.2) is 12.4 Å². The molecule has 1 amide bonds. The van der Waals surface area contributed by atoms with Gasteiger partial charge in [0, 0.05) is 18.9 Å². The number of aryl methyl sites for hydroxylation is 1. The second-order valence-corrected chi connectivity index (χ2v) is 3.48. The van der Waals surface area contributed by atoms with E-state index >= 15 is 0 Å². The summed E-state index contributed by atoms with van der Waals surface area (Å²) in [4.78, 5) is 15.4. The van der Waals surface area contributed by atoms with E-state index in [4.69, 9.17) is 4.74 Å². The second-order valence-electron chi connectivity index (χ2n) is 3.48. The average Bonchev–Trinajstić information content (AvgIpc) is 2.23. The minimum Gasteiger partial charge on any atom is -0.358 e. The minimum atomic E-state index is -1.37. The SMILES string of the molecule is COC1NC(=O)c2ncc(C)cc2C1F. The number of fused-ring (bicyclic) bond motifs is 1. The lowest BCUT2D eigenvalue weighted by molar-refractivity contribution is 0.00221. The van der Waals surface area contributed by atoms with Crippen molar-refractivity contribution in [3.63, 3.8) is 0 Å². The third kappa shape index (κ3) is 1.59. The van der Waals surface area contributed by atoms with Crippen LogP contribution in [-0.4, -0.2) is 24.2 Å². The summed E-state index contributed by atoms with van der Waals surface area (Å²) < 4.78 is 18.7. The van der Waals surface area contributed by atoms with Crippen molar-refractivity contribution in [3.05, 3.63) is 29.1 Å². The van der Waals surface area contributed by atoms with Crippen molar-refractivity contribution in [2.45, 2.75) is 19.3 Å². The topological polar surface area (TPSA) is 51.2 Å². The predicted octanol–water partition coefficient (Wildman–Crippen LogP) is 1.12. The Labute approximate surface area is 86.5 Å². The lowest BCUT2D eigenvalue weighted by Crippen LogP contribution is -2.44. The molecule has 15 heavy (non-hydrogen) atoms. The zero-order chi connectivity index (χ0) is 11.0. The molecule has 1 aliphatic heterocycles. The number of nitrogens with zero attached hydrogens (tertiary/aromatic N) is 1. The molecular formula is C10H11FN2O2. The molecule has 2 atom stereocenters. The fraction of sp³-hybridized carbons (Fsp3) is 0.400. The maximum absolute atomic E-state index is 13.8. The highest BCUT2D eigenvalue weighted by Crippen LogP contribution is 2.28. The summed E-state index contributed by atoms with van der Waals surface area (Å²) in [5, 5.41) is 2.39. The van der Waals surface area contributed by atoms with Gasteiger partial charge in [-0.05, 0) is 18.6 Å². The molecule has 1 aromatic rings. The van der Waals surface area contributed by atoms with E-state index in [1.807, 2.05) is 0 Å². The van der Waals surface area contributed by atoms with Crippen LogP contribution < -0.4 is 5.32 Å². The Kier molecular flexibility index (Phi) is 2.40. The van der Waals surface area contributed by atoms with Gasteiger partial charge in [-0.25, -0.2) is 4.39 Å². The molecule has 0 saturated carbocycles. The Morgan fingerprint density at radius 2 is 2.33 bits per heavy atom. The van der Waals surface area contributed by atoms with Crippen LogP contribution in [0.25, 0.3) is 0 Å². The van der Waals surface area contributed by atoms with Crippen molar-refractivity contribution in [2.24, 2.45) is 0 Å². The molecule has 2 rings (SSSR count). The van der Waals surface area contributed by atoms with Gasteiger partial charge in [-0.2, -0.15) is 0 Å². The Bertz CT molecular complexity index is 408. The van der Waals surface area contributed by atoms with Crippen LogP contribution in [0.5, 0.6) is 0 Å². The number of amides is 1. The summed E-state index contributed by atoms with van der Waals surface area (Å²) >= 11 is 0. The molecule has 1 aliphatic rings. The fourth-order valence-corrected chi connectivity index (χ4v) is 1.60. The second kappa shape index (κ2) is 3.58. The molecule has 1 aromatic heterocycles. The van der Waals surface area contributed by atoms with Gasteiger partial charge in [0.2, 0.25) is 0 Å². The van der Waals surface area contributed by atoms with Crippen molar-refractivity contribution in [1.82, 2.24) is 10.3 Å². The number of hydrogen-bond acceptors (Lipinski definition) is 3.